The third-order valence-electron chi connectivity index (χ3n) is 5.86. The van der Waals surface area contributed by atoms with Crippen molar-refractivity contribution in [3.8, 4) is 0 Å². The third kappa shape index (κ3) is 1.87. The summed E-state index contributed by atoms with van der Waals surface area (Å²) in [5.74, 6) is 0.0766. The molecule has 0 spiro atoms. The number of Topliss-reactive ketones (excluding diaryl/α,β-unsaturated/α-hetero) is 2. The molecule has 2 unspecified atom stereocenters. The van der Waals surface area contributed by atoms with Gasteiger partial charge < -0.3 is 4.74 Å². The van der Waals surface area contributed by atoms with Crippen molar-refractivity contribution in [3.63, 3.8) is 0 Å². The number of carbonyl (C=O) groups excluding carboxylic acids is 2. The van der Waals surface area contributed by atoms with Crippen molar-refractivity contribution < 1.29 is 14.3 Å². The van der Waals surface area contributed by atoms with Gasteiger partial charge in [-0.3, -0.25) is 9.59 Å². The van der Waals surface area contributed by atoms with Gasteiger partial charge in [-0.25, -0.2) is 0 Å². The van der Waals surface area contributed by atoms with E-state index in [0.717, 1.165) is 31.2 Å². The molecular formula is C22H18O3. The first-order valence-electron chi connectivity index (χ1n) is 8.89. The Morgan fingerprint density at radius 1 is 0.840 bits per heavy atom. The lowest BCUT2D eigenvalue weighted by Gasteiger charge is -2.39. The van der Waals surface area contributed by atoms with E-state index in [0.29, 0.717) is 22.5 Å². The van der Waals surface area contributed by atoms with Crippen molar-refractivity contribution in [1.29, 1.82) is 0 Å². The van der Waals surface area contributed by atoms with Gasteiger partial charge in [0.15, 0.2) is 11.5 Å². The van der Waals surface area contributed by atoms with E-state index in [1.807, 2.05) is 24.3 Å². The van der Waals surface area contributed by atoms with Gasteiger partial charge in [-0.2, -0.15) is 0 Å². The predicted molar refractivity (Wildman–Crippen MR) is 93.3 cm³/mol. The fourth-order valence-electron chi connectivity index (χ4n) is 4.74. The Morgan fingerprint density at radius 2 is 1.52 bits per heavy atom. The molecule has 2 aromatic carbocycles. The van der Waals surface area contributed by atoms with Crippen LogP contribution < -0.4 is 0 Å². The van der Waals surface area contributed by atoms with Crippen LogP contribution in [0.25, 0.3) is 0 Å². The molecular weight excluding hydrogens is 312 g/mol. The second kappa shape index (κ2) is 5.16. The maximum atomic E-state index is 13.2. The first-order valence-corrected chi connectivity index (χ1v) is 8.89. The van der Waals surface area contributed by atoms with Crippen LogP contribution in [0, 0.1) is 5.92 Å². The molecule has 0 saturated heterocycles. The van der Waals surface area contributed by atoms with Crippen molar-refractivity contribution in [2.45, 2.75) is 31.3 Å². The predicted octanol–water partition coefficient (Wildman–Crippen LogP) is 4.44. The van der Waals surface area contributed by atoms with E-state index in [2.05, 4.69) is 12.1 Å². The number of benzene rings is 2. The summed E-state index contributed by atoms with van der Waals surface area (Å²) in [5, 5.41) is 0. The van der Waals surface area contributed by atoms with E-state index < -0.39 is 5.60 Å². The topological polar surface area (TPSA) is 43.4 Å². The Hall–Kier alpha value is -2.68. The molecule has 5 rings (SSSR count). The second-order valence-electron chi connectivity index (χ2n) is 7.10. The van der Waals surface area contributed by atoms with Crippen LogP contribution >= 0.6 is 0 Å². The zero-order valence-corrected chi connectivity index (χ0v) is 13.8. The minimum absolute atomic E-state index is 0.0325. The largest absolute Gasteiger partial charge is 0.477 e. The summed E-state index contributed by atoms with van der Waals surface area (Å²) in [7, 11) is 0. The molecule has 3 heteroatoms. The van der Waals surface area contributed by atoms with E-state index in [4.69, 9.17) is 4.74 Å². The lowest BCUT2D eigenvalue weighted by molar-refractivity contribution is -0.0367. The van der Waals surface area contributed by atoms with E-state index in [1.165, 1.54) is 0 Å². The number of ketones is 2. The quantitative estimate of drug-likeness (QED) is 0.776. The average Bonchev–Trinajstić information content (AvgIpc) is 3.04. The first kappa shape index (κ1) is 14.6. The molecule has 2 aromatic rings. The third-order valence-corrected chi connectivity index (χ3v) is 5.86. The highest BCUT2D eigenvalue weighted by Gasteiger charge is 2.56. The molecule has 0 bridgehead atoms. The van der Waals surface area contributed by atoms with Gasteiger partial charge in [0.05, 0.1) is 5.57 Å². The van der Waals surface area contributed by atoms with Gasteiger partial charge in [0.25, 0.3) is 0 Å². The SMILES string of the molecule is O=C1C2=C(C(=O)c3ccccc31)C1CCCCC1(c1ccccc1)O2. The van der Waals surface area contributed by atoms with E-state index >= 15 is 0 Å². The maximum Gasteiger partial charge on any atom is 0.228 e. The van der Waals surface area contributed by atoms with Gasteiger partial charge in [0.2, 0.25) is 5.78 Å². The molecule has 3 nitrogen and oxygen atoms in total. The number of ether oxygens (including phenoxy) is 1. The van der Waals surface area contributed by atoms with Crippen LogP contribution in [0.5, 0.6) is 0 Å². The highest BCUT2D eigenvalue weighted by Crippen LogP contribution is 2.56. The number of hydrogen-bond acceptors (Lipinski definition) is 3. The van der Waals surface area contributed by atoms with Crippen LogP contribution in [-0.4, -0.2) is 11.6 Å². The second-order valence-corrected chi connectivity index (χ2v) is 7.10. The van der Waals surface area contributed by atoms with Crippen molar-refractivity contribution in [1.82, 2.24) is 0 Å². The van der Waals surface area contributed by atoms with Gasteiger partial charge >= 0.3 is 0 Å². The van der Waals surface area contributed by atoms with Crippen molar-refractivity contribution in [2.75, 3.05) is 0 Å². The normalized spacial score (nSPS) is 27.4. The average molecular weight is 330 g/mol. The molecule has 124 valence electrons. The molecule has 0 aromatic heterocycles. The van der Waals surface area contributed by atoms with Gasteiger partial charge in [0.1, 0.15) is 5.60 Å². The van der Waals surface area contributed by atoms with Gasteiger partial charge in [-0.15, -0.1) is 0 Å². The fraction of sp³-hybridized carbons (Fsp3) is 0.273. The molecule has 1 fully saturated rings. The zero-order valence-electron chi connectivity index (χ0n) is 13.8. The highest BCUT2D eigenvalue weighted by atomic mass is 16.5. The lowest BCUT2D eigenvalue weighted by Crippen LogP contribution is -2.38. The monoisotopic (exact) mass is 330 g/mol. The van der Waals surface area contributed by atoms with Crippen molar-refractivity contribution >= 4 is 11.6 Å². The molecule has 0 radical (unpaired) electrons. The number of hydrogen-bond donors (Lipinski definition) is 0. The number of rotatable bonds is 1. The Morgan fingerprint density at radius 3 is 2.28 bits per heavy atom. The minimum atomic E-state index is -0.572. The molecule has 0 amide bonds. The molecule has 1 aliphatic heterocycles. The summed E-state index contributed by atoms with van der Waals surface area (Å²) in [5.41, 5.74) is 2.08. The fourth-order valence-corrected chi connectivity index (χ4v) is 4.74. The number of fused-ring (bicyclic) bond motifs is 3. The zero-order chi connectivity index (χ0) is 17.0. The molecule has 2 aliphatic carbocycles. The summed E-state index contributed by atoms with van der Waals surface area (Å²) >= 11 is 0. The van der Waals surface area contributed by atoms with Crippen LogP contribution in [0.4, 0.5) is 0 Å². The lowest BCUT2D eigenvalue weighted by atomic mass is 9.67. The van der Waals surface area contributed by atoms with Crippen LogP contribution in [-0.2, 0) is 10.3 Å². The highest BCUT2D eigenvalue weighted by molar-refractivity contribution is 6.26. The molecule has 0 N–H and O–H groups in total. The van der Waals surface area contributed by atoms with Gasteiger partial charge in [-0.1, -0.05) is 61.0 Å². The Balaban J connectivity index is 1.69. The molecule has 3 aliphatic rings. The van der Waals surface area contributed by atoms with Crippen LogP contribution in [0.1, 0.15) is 52.0 Å². The smallest absolute Gasteiger partial charge is 0.228 e. The standard InChI is InChI=1S/C22H18O3/c23-19-15-10-4-5-11-16(15)20(24)21-18(19)17-12-6-7-13-22(17,25-21)14-8-2-1-3-9-14/h1-5,8-11,17H,6-7,12-13H2. The minimum Gasteiger partial charge on any atom is -0.477 e. The molecule has 25 heavy (non-hydrogen) atoms. The summed E-state index contributed by atoms with van der Waals surface area (Å²) in [6.45, 7) is 0. The van der Waals surface area contributed by atoms with Crippen molar-refractivity contribution in [3.05, 3.63) is 82.6 Å². The molecule has 2 atom stereocenters. The number of allylic oxidation sites excluding steroid dienone is 1. The summed E-state index contributed by atoms with van der Waals surface area (Å²) in [6, 6.07) is 17.2. The van der Waals surface area contributed by atoms with Crippen LogP contribution in [0.15, 0.2) is 65.9 Å². The van der Waals surface area contributed by atoms with Gasteiger partial charge in [0, 0.05) is 17.0 Å². The Bertz CT molecular complexity index is 925. The molecule has 1 saturated carbocycles. The molecule has 1 heterocycles. The Kier molecular flexibility index (Phi) is 3.02. The summed E-state index contributed by atoms with van der Waals surface area (Å²) in [6.07, 6.45) is 3.82. The summed E-state index contributed by atoms with van der Waals surface area (Å²) in [4.78, 5) is 26.2. The number of carbonyl (C=O) groups is 2. The maximum absolute atomic E-state index is 13.2. The van der Waals surface area contributed by atoms with E-state index in [-0.39, 0.29) is 17.5 Å². The Labute approximate surface area is 146 Å². The van der Waals surface area contributed by atoms with E-state index in [9.17, 15) is 9.59 Å². The first-order chi connectivity index (χ1) is 12.2. The van der Waals surface area contributed by atoms with Crippen LogP contribution in [0.3, 0.4) is 0 Å². The van der Waals surface area contributed by atoms with Crippen molar-refractivity contribution in [2.24, 2.45) is 5.92 Å². The van der Waals surface area contributed by atoms with E-state index in [1.54, 1.807) is 18.2 Å². The summed E-state index contributed by atoms with van der Waals surface area (Å²) < 4.78 is 6.39. The van der Waals surface area contributed by atoms with Crippen LogP contribution in [0.2, 0.25) is 0 Å². The van der Waals surface area contributed by atoms with Gasteiger partial charge in [-0.05, 0) is 24.8 Å².